The molecule has 102 valence electrons. The van der Waals surface area contributed by atoms with Gasteiger partial charge in [-0.1, -0.05) is 19.1 Å². The van der Waals surface area contributed by atoms with Gasteiger partial charge in [-0.25, -0.2) is 0 Å². The van der Waals surface area contributed by atoms with E-state index in [9.17, 15) is 5.26 Å². The monoisotopic (exact) mass is 265 g/mol. The highest BCUT2D eigenvalue weighted by Gasteiger charge is 2.16. The highest BCUT2D eigenvalue weighted by molar-refractivity contribution is 5.96. The third-order valence-corrected chi connectivity index (χ3v) is 4.04. The van der Waals surface area contributed by atoms with Gasteiger partial charge in [0.25, 0.3) is 0 Å². The Hall–Kier alpha value is -2.08. The minimum absolute atomic E-state index is 0.640. The lowest BCUT2D eigenvalue weighted by Gasteiger charge is -2.19. The molecule has 1 N–H and O–H groups in total. The number of pyridine rings is 1. The van der Waals surface area contributed by atoms with Gasteiger partial charge in [-0.05, 0) is 43.2 Å². The molecule has 0 atom stereocenters. The van der Waals surface area contributed by atoms with Gasteiger partial charge in [-0.2, -0.15) is 5.26 Å². The molecule has 2 aromatic rings. The number of rotatable bonds is 3. The van der Waals surface area contributed by atoms with Gasteiger partial charge in [0.05, 0.1) is 16.8 Å². The van der Waals surface area contributed by atoms with E-state index in [1.165, 1.54) is 24.0 Å². The Morgan fingerprint density at radius 2 is 2.15 bits per heavy atom. The van der Waals surface area contributed by atoms with Crippen LogP contribution in [0.5, 0.6) is 0 Å². The number of nitrogens with one attached hydrogen (secondary N) is 1. The second-order valence-electron chi connectivity index (χ2n) is 5.39. The van der Waals surface area contributed by atoms with Crippen LogP contribution in [0.1, 0.15) is 42.9 Å². The van der Waals surface area contributed by atoms with Crippen LogP contribution in [0.2, 0.25) is 0 Å². The normalized spacial score (nSPS) is 13.8. The second kappa shape index (κ2) is 5.50. The summed E-state index contributed by atoms with van der Waals surface area (Å²) in [4.78, 5) is 4.57. The Kier molecular flexibility index (Phi) is 3.56. The fraction of sp³-hybridized carbons (Fsp3) is 0.412. The van der Waals surface area contributed by atoms with Gasteiger partial charge in [0.15, 0.2) is 0 Å². The van der Waals surface area contributed by atoms with E-state index in [4.69, 9.17) is 0 Å². The molecule has 0 bridgehead atoms. The van der Waals surface area contributed by atoms with Crippen LogP contribution in [0.15, 0.2) is 18.3 Å². The van der Waals surface area contributed by atoms with E-state index in [2.05, 4.69) is 35.4 Å². The average Bonchev–Trinajstić information content (AvgIpc) is 2.52. The summed E-state index contributed by atoms with van der Waals surface area (Å²) in [7, 11) is 0. The van der Waals surface area contributed by atoms with Gasteiger partial charge < -0.3 is 5.32 Å². The Balaban J connectivity index is 2.21. The van der Waals surface area contributed by atoms with Crippen LogP contribution in [0.25, 0.3) is 10.9 Å². The van der Waals surface area contributed by atoms with Gasteiger partial charge in [0.1, 0.15) is 6.07 Å². The molecule has 1 aromatic carbocycles. The summed E-state index contributed by atoms with van der Waals surface area (Å²) in [5.41, 5.74) is 5.49. The largest absolute Gasteiger partial charge is 0.383 e. The first-order valence-electron chi connectivity index (χ1n) is 7.42. The fourth-order valence-corrected chi connectivity index (χ4v) is 3.02. The number of fused-ring (bicyclic) bond motifs is 3. The maximum absolute atomic E-state index is 9.29. The lowest BCUT2D eigenvalue weighted by Crippen LogP contribution is -2.07. The fourth-order valence-electron chi connectivity index (χ4n) is 3.02. The van der Waals surface area contributed by atoms with E-state index < -0.39 is 0 Å². The van der Waals surface area contributed by atoms with Crippen LogP contribution < -0.4 is 5.32 Å². The lowest BCUT2D eigenvalue weighted by molar-refractivity contribution is 0.689. The molecule has 1 heterocycles. The summed E-state index contributed by atoms with van der Waals surface area (Å²) in [6.45, 7) is 3.01. The van der Waals surface area contributed by atoms with Crippen molar-refractivity contribution in [2.24, 2.45) is 0 Å². The molecule has 0 aliphatic heterocycles. The summed E-state index contributed by atoms with van der Waals surface area (Å²) >= 11 is 0. The molecule has 0 radical (unpaired) electrons. The first-order valence-corrected chi connectivity index (χ1v) is 7.42. The maximum atomic E-state index is 9.29. The van der Waals surface area contributed by atoms with Crippen LogP contribution >= 0.6 is 0 Å². The molecule has 0 spiro atoms. The number of hydrogen-bond acceptors (Lipinski definition) is 3. The van der Waals surface area contributed by atoms with Crippen molar-refractivity contribution in [1.29, 1.82) is 5.26 Å². The van der Waals surface area contributed by atoms with Crippen molar-refractivity contribution in [3.05, 3.63) is 35.0 Å². The number of aryl methyl sites for hydroxylation is 2. The molecular weight excluding hydrogens is 246 g/mol. The van der Waals surface area contributed by atoms with Gasteiger partial charge >= 0.3 is 0 Å². The van der Waals surface area contributed by atoms with E-state index in [-0.39, 0.29) is 0 Å². The van der Waals surface area contributed by atoms with E-state index in [1.54, 1.807) is 6.20 Å². The molecule has 1 aliphatic carbocycles. The summed E-state index contributed by atoms with van der Waals surface area (Å²) < 4.78 is 0. The number of aromatic nitrogens is 1. The number of hydrogen-bond donors (Lipinski definition) is 1. The van der Waals surface area contributed by atoms with Crippen molar-refractivity contribution in [3.63, 3.8) is 0 Å². The molecule has 0 saturated heterocycles. The van der Waals surface area contributed by atoms with E-state index >= 15 is 0 Å². The molecule has 20 heavy (non-hydrogen) atoms. The summed E-state index contributed by atoms with van der Waals surface area (Å²) in [6.07, 6.45) is 7.54. The zero-order valence-corrected chi connectivity index (χ0v) is 11.9. The smallest absolute Gasteiger partial charge is 0.103 e. The van der Waals surface area contributed by atoms with Crippen LogP contribution in [0.3, 0.4) is 0 Å². The topological polar surface area (TPSA) is 48.7 Å². The predicted molar refractivity (Wildman–Crippen MR) is 81.9 cm³/mol. The van der Waals surface area contributed by atoms with Crippen LogP contribution in [0.4, 0.5) is 5.69 Å². The number of nitriles is 1. The highest BCUT2D eigenvalue weighted by Crippen LogP contribution is 2.32. The van der Waals surface area contributed by atoms with Gasteiger partial charge in [0, 0.05) is 18.1 Å². The van der Waals surface area contributed by atoms with Crippen molar-refractivity contribution >= 4 is 16.6 Å². The zero-order chi connectivity index (χ0) is 13.9. The van der Waals surface area contributed by atoms with Crippen molar-refractivity contribution in [1.82, 2.24) is 4.98 Å². The minimum atomic E-state index is 0.640. The third kappa shape index (κ3) is 2.12. The van der Waals surface area contributed by atoms with E-state index in [1.807, 2.05) is 0 Å². The maximum Gasteiger partial charge on any atom is 0.103 e. The predicted octanol–water partition coefficient (Wildman–Crippen LogP) is 3.81. The quantitative estimate of drug-likeness (QED) is 0.918. The van der Waals surface area contributed by atoms with Crippen LogP contribution in [0, 0.1) is 11.3 Å². The lowest BCUT2D eigenvalue weighted by atomic mass is 9.89. The number of anilines is 1. The molecule has 3 nitrogen and oxygen atoms in total. The van der Waals surface area contributed by atoms with Crippen LogP contribution in [-0.4, -0.2) is 11.5 Å². The first kappa shape index (κ1) is 12.9. The van der Waals surface area contributed by atoms with Crippen molar-refractivity contribution in [3.8, 4) is 6.07 Å². The Labute approximate surface area is 119 Å². The first-order chi connectivity index (χ1) is 9.85. The second-order valence-corrected chi connectivity index (χ2v) is 5.39. The van der Waals surface area contributed by atoms with Crippen molar-refractivity contribution in [2.45, 2.75) is 39.0 Å². The third-order valence-electron chi connectivity index (χ3n) is 4.04. The molecule has 0 amide bonds. The summed E-state index contributed by atoms with van der Waals surface area (Å²) in [6, 6.07) is 6.60. The molecule has 1 aliphatic rings. The molecular formula is C17H19N3. The average molecular weight is 265 g/mol. The minimum Gasteiger partial charge on any atom is -0.383 e. The zero-order valence-electron chi connectivity index (χ0n) is 11.9. The molecule has 3 heteroatoms. The number of benzene rings is 1. The Bertz CT molecular complexity index is 683. The van der Waals surface area contributed by atoms with Gasteiger partial charge in [-0.15, -0.1) is 0 Å². The molecule has 3 rings (SSSR count). The van der Waals surface area contributed by atoms with Crippen molar-refractivity contribution < 1.29 is 0 Å². The van der Waals surface area contributed by atoms with Gasteiger partial charge in [0.2, 0.25) is 0 Å². The SMILES string of the molecule is CCCNc1c(C#N)cnc2c3c(ccc12)CCCC3. The molecule has 0 unspecified atom stereocenters. The highest BCUT2D eigenvalue weighted by atomic mass is 14.9. The molecule has 0 fully saturated rings. The summed E-state index contributed by atoms with van der Waals surface area (Å²) in [5.74, 6) is 0. The van der Waals surface area contributed by atoms with Crippen LogP contribution in [-0.2, 0) is 12.8 Å². The molecule has 1 aromatic heterocycles. The standard InChI is InChI=1S/C17H19N3/c1-2-9-19-16-13(10-18)11-20-17-14-6-4-3-5-12(14)7-8-15(16)17/h7-8,11H,2-6,9H2,1H3,(H,19,20). The summed E-state index contributed by atoms with van der Waals surface area (Å²) in [5, 5.41) is 13.8. The number of nitrogens with zero attached hydrogens (tertiary/aromatic N) is 2. The van der Waals surface area contributed by atoms with E-state index in [0.717, 1.165) is 42.4 Å². The van der Waals surface area contributed by atoms with E-state index in [0.29, 0.717) is 5.56 Å². The Morgan fingerprint density at radius 3 is 2.95 bits per heavy atom. The Morgan fingerprint density at radius 1 is 1.30 bits per heavy atom. The van der Waals surface area contributed by atoms with Crippen molar-refractivity contribution in [2.75, 3.05) is 11.9 Å². The molecule has 0 saturated carbocycles. The van der Waals surface area contributed by atoms with Gasteiger partial charge in [-0.3, -0.25) is 4.98 Å².